The van der Waals surface area contributed by atoms with Crippen molar-refractivity contribution in [1.29, 1.82) is 0 Å². The van der Waals surface area contributed by atoms with Crippen LogP contribution in [0, 0.1) is 6.92 Å². The van der Waals surface area contributed by atoms with Crippen LogP contribution in [0.2, 0.25) is 0 Å². The molecule has 0 atom stereocenters. The minimum atomic E-state index is -0.0867. The summed E-state index contributed by atoms with van der Waals surface area (Å²) in [7, 11) is 1.61. The number of benzene rings is 2. The van der Waals surface area contributed by atoms with Gasteiger partial charge < -0.3 is 19.9 Å². The number of nitrogens with one attached hydrogen (secondary N) is 1. The molecule has 2 aromatic carbocycles. The van der Waals surface area contributed by atoms with E-state index in [1.807, 2.05) is 48.5 Å². The zero-order chi connectivity index (χ0) is 24.2. The fraction of sp³-hybridized carbons (Fsp3) is 0.259. The number of ether oxygens (including phenoxy) is 1. The summed E-state index contributed by atoms with van der Waals surface area (Å²) in [6.45, 7) is 5.49. The van der Waals surface area contributed by atoms with Gasteiger partial charge in [-0.05, 0) is 48.9 Å². The number of aryl methyl sites for hydroxylation is 1. The molecule has 1 aliphatic heterocycles. The van der Waals surface area contributed by atoms with E-state index in [1.165, 1.54) is 0 Å². The van der Waals surface area contributed by atoms with Crippen LogP contribution in [0.25, 0.3) is 10.9 Å². The molecule has 0 bridgehead atoms. The lowest BCUT2D eigenvalue weighted by atomic mass is 10.1. The summed E-state index contributed by atoms with van der Waals surface area (Å²) >= 11 is 0. The first-order chi connectivity index (χ1) is 17.1. The van der Waals surface area contributed by atoms with E-state index in [-0.39, 0.29) is 12.3 Å². The lowest BCUT2D eigenvalue weighted by Crippen LogP contribution is -2.47. The third-order valence-electron chi connectivity index (χ3n) is 6.27. The van der Waals surface area contributed by atoms with Gasteiger partial charge >= 0.3 is 0 Å². The van der Waals surface area contributed by atoms with E-state index in [2.05, 4.69) is 38.1 Å². The van der Waals surface area contributed by atoms with Crippen LogP contribution < -0.4 is 19.9 Å². The van der Waals surface area contributed by atoms with Crippen molar-refractivity contribution in [1.82, 2.24) is 15.0 Å². The molecule has 0 spiro atoms. The molecule has 1 fully saturated rings. The molecule has 2 aromatic heterocycles. The quantitative estimate of drug-likeness (QED) is 0.460. The molecule has 1 N–H and O–H groups in total. The maximum Gasteiger partial charge on any atom is 0.228 e. The van der Waals surface area contributed by atoms with Gasteiger partial charge in [-0.3, -0.25) is 4.79 Å². The van der Waals surface area contributed by atoms with Crippen LogP contribution in [0.15, 0.2) is 67.0 Å². The van der Waals surface area contributed by atoms with Gasteiger partial charge in [-0.25, -0.2) is 15.0 Å². The Labute approximate surface area is 204 Å². The molecule has 0 unspecified atom stereocenters. The van der Waals surface area contributed by atoms with E-state index >= 15 is 0 Å². The van der Waals surface area contributed by atoms with Crippen molar-refractivity contribution in [2.24, 2.45) is 0 Å². The predicted molar refractivity (Wildman–Crippen MR) is 138 cm³/mol. The number of amides is 1. The molecule has 5 rings (SSSR count). The summed E-state index contributed by atoms with van der Waals surface area (Å²) in [5.41, 5.74) is 3.65. The summed E-state index contributed by atoms with van der Waals surface area (Å²) in [5.74, 6) is 2.37. The second-order valence-electron chi connectivity index (χ2n) is 8.59. The average molecular weight is 469 g/mol. The predicted octanol–water partition coefficient (Wildman–Crippen LogP) is 3.85. The first kappa shape index (κ1) is 22.6. The lowest BCUT2D eigenvalue weighted by Gasteiger charge is -2.35. The standard InChI is InChI=1S/C27H28N6O2/c1-19-16-25(32-12-14-33(15-13-32)27-28-10-5-11-29-27)31-23-9-8-21(18-22(19)23)30-26(34)17-20-6-3-4-7-24(20)35-2/h3-11,16,18H,12-15,17H2,1-2H3,(H,30,34). The number of carbonyl (C=O) groups excluding carboxylic acids is 1. The molecule has 0 aliphatic carbocycles. The van der Waals surface area contributed by atoms with Gasteiger partial charge in [0.25, 0.3) is 0 Å². The Balaban J connectivity index is 1.28. The molecule has 1 amide bonds. The van der Waals surface area contributed by atoms with Gasteiger partial charge in [-0.15, -0.1) is 0 Å². The van der Waals surface area contributed by atoms with Crippen molar-refractivity contribution in [3.05, 3.63) is 78.1 Å². The molecule has 0 radical (unpaired) electrons. The normalized spacial score (nSPS) is 13.7. The highest BCUT2D eigenvalue weighted by atomic mass is 16.5. The van der Waals surface area contributed by atoms with E-state index in [4.69, 9.17) is 9.72 Å². The highest BCUT2D eigenvalue weighted by molar-refractivity contribution is 5.96. The Morgan fingerprint density at radius 2 is 1.71 bits per heavy atom. The highest BCUT2D eigenvalue weighted by Gasteiger charge is 2.20. The molecular weight excluding hydrogens is 440 g/mol. The third-order valence-corrected chi connectivity index (χ3v) is 6.27. The SMILES string of the molecule is COc1ccccc1CC(=O)Nc1ccc2nc(N3CCN(c4ncccn4)CC3)cc(C)c2c1. The monoisotopic (exact) mass is 468 g/mol. The van der Waals surface area contributed by atoms with E-state index < -0.39 is 0 Å². The number of rotatable bonds is 6. The Morgan fingerprint density at radius 1 is 0.971 bits per heavy atom. The first-order valence-electron chi connectivity index (χ1n) is 11.7. The van der Waals surface area contributed by atoms with Crippen LogP contribution in [0.4, 0.5) is 17.5 Å². The second kappa shape index (κ2) is 9.97. The van der Waals surface area contributed by atoms with Crippen LogP contribution >= 0.6 is 0 Å². The molecule has 8 heteroatoms. The molecule has 1 saturated heterocycles. The van der Waals surface area contributed by atoms with Crippen LogP contribution in [0.5, 0.6) is 5.75 Å². The number of aromatic nitrogens is 3. The van der Waals surface area contributed by atoms with Crippen molar-refractivity contribution >= 4 is 34.3 Å². The van der Waals surface area contributed by atoms with E-state index in [9.17, 15) is 4.79 Å². The fourth-order valence-electron chi connectivity index (χ4n) is 4.43. The number of hydrogen-bond acceptors (Lipinski definition) is 7. The smallest absolute Gasteiger partial charge is 0.228 e. The molecule has 4 aromatic rings. The van der Waals surface area contributed by atoms with Gasteiger partial charge in [-0.1, -0.05) is 18.2 Å². The summed E-state index contributed by atoms with van der Waals surface area (Å²) in [4.78, 5) is 30.8. The zero-order valence-electron chi connectivity index (χ0n) is 19.9. The maximum absolute atomic E-state index is 12.7. The van der Waals surface area contributed by atoms with Gasteiger partial charge in [0.15, 0.2) is 0 Å². The van der Waals surface area contributed by atoms with Crippen molar-refractivity contribution in [3.8, 4) is 5.75 Å². The Morgan fingerprint density at radius 3 is 2.49 bits per heavy atom. The van der Waals surface area contributed by atoms with Crippen molar-refractivity contribution in [3.63, 3.8) is 0 Å². The molecule has 35 heavy (non-hydrogen) atoms. The van der Waals surface area contributed by atoms with E-state index in [1.54, 1.807) is 19.5 Å². The summed E-state index contributed by atoms with van der Waals surface area (Å²) < 4.78 is 5.36. The number of para-hydroxylation sites is 1. The second-order valence-corrected chi connectivity index (χ2v) is 8.59. The third kappa shape index (κ3) is 5.01. The number of methoxy groups -OCH3 is 1. The van der Waals surface area contributed by atoms with Gasteiger partial charge in [0.05, 0.1) is 19.0 Å². The number of piperazine rings is 1. The Bertz CT molecular complexity index is 1340. The van der Waals surface area contributed by atoms with Crippen LogP contribution in [-0.4, -0.2) is 54.1 Å². The molecule has 178 valence electrons. The fourth-order valence-corrected chi connectivity index (χ4v) is 4.43. The minimum Gasteiger partial charge on any atom is -0.496 e. The zero-order valence-corrected chi connectivity index (χ0v) is 19.9. The van der Waals surface area contributed by atoms with Gasteiger partial charge in [-0.2, -0.15) is 0 Å². The molecule has 0 saturated carbocycles. The van der Waals surface area contributed by atoms with Crippen molar-refractivity contribution < 1.29 is 9.53 Å². The Hall–Kier alpha value is -4.20. The van der Waals surface area contributed by atoms with Gasteiger partial charge in [0.1, 0.15) is 11.6 Å². The summed E-state index contributed by atoms with van der Waals surface area (Å²) in [6.07, 6.45) is 3.80. The van der Waals surface area contributed by atoms with Crippen LogP contribution in [0.3, 0.4) is 0 Å². The molecule has 3 heterocycles. The number of carbonyl (C=O) groups is 1. The Kier molecular flexibility index (Phi) is 6.43. The number of nitrogens with zero attached hydrogens (tertiary/aromatic N) is 5. The van der Waals surface area contributed by atoms with Crippen molar-refractivity contribution in [2.45, 2.75) is 13.3 Å². The average Bonchev–Trinajstić information content (AvgIpc) is 2.90. The van der Waals surface area contributed by atoms with Crippen LogP contribution in [0.1, 0.15) is 11.1 Å². The number of pyridine rings is 1. The number of anilines is 3. The largest absolute Gasteiger partial charge is 0.496 e. The summed E-state index contributed by atoms with van der Waals surface area (Å²) in [6, 6.07) is 17.4. The van der Waals surface area contributed by atoms with Crippen LogP contribution in [-0.2, 0) is 11.2 Å². The topological polar surface area (TPSA) is 83.5 Å². The first-order valence-corrected chi connectivity index (χ1v) is 11.7. The molecule has 1 aliphatic rings. The summed E-state index contributed by atoms with van der Waals surface area (Å²) in [5, 5.41) is 4.04. The van der Waals surface area contributed by atoms with Gasteiger partial charge in [0.2, 0.25) is 11.9 Å². The van der Waals surface area contributed by atoms with E-state index in [0.29, 0.717) is 5.75 Å². The number of hydrogen-bond donors (Lipinski definition) is 1. The van der Waals surface area contributed by atoms with Crippen molar-refractivity contribution in [2.75, 3.05) is 48.4 Å². The molecular formula is C27H28N6O2. The number of fused-ring (bicyclic) bond motifs is 1. The van der Waals surface area contributed by atoms with Gasteiger partial charge in [0, 0.05) is 55.2 Å². The lowest BCUT2D eigenvalue weighted by molar-refractivity contribution is -0.115. The highest BCUT2D eigenvalue weighted by Crippen LogP contribution is 2.27. The minimum absolute atomic E-state index is 0.0867. The molecule has 8 nitrogen and oxygen atoms in total. The van der Waals surface area contributed by atoms with E-state index in [0.717, 1.165) is 65.7 Å². The maximum atomic E-state index is 12.7.